The SMILES string of the molecule is CCN1C(=O)[C@@H](C)S/C1=C(\C#N)C(=O)NCc1ccco1. The Morgan fingerprint density at radius 2 is 2.38 bits per heavy atom. The number of nitrogens with zero attached hydrogens (tertiary/aromatic N) is 2. The quantitative estimate of drug-likeness (QED) is 0.674. The predicted octanol–water partition coefficient (Wildman–Crippen LogP) is 1.61. The first-order valence-corrected chi connectivity index (χ1v) is 7.39. The van der Waals surface area contributed by atoms with Crippen molar-refractivity contribution in [2.75, 3.05) is 6.54 Å². The zero-order valence-corrected chi connectivity index (χ0v) is 12.6. The number of hydrogen-bond donors (Lipinski definition) is 1. The Balaban J connectivity index is 2.18. The molecule has 7 heteroatoms. The van der Waals surface area contributed by atoms with Crippen LogP contribution in [0.25, 0.3) is 0 Å². The van der Waals surface area contributed by atoms with Crippen LogP contribution in [-0.4, -0.2) is 28.5 Å². The summed E-state index contributed by atoms with van der Waals surface area (Å²) in [5, 5.41) is 12.0. The van der Waals surface area contributed by atoms with Gasteiger partial charge in [0, 0.05) is 6.54 Å². The highest BCUT2D eigenvalue weighted by Crippen LogP contribution is 2.36. The van der Waals surface area contributed by atoms with Crippen LogP contribution in [0.1, 0.15) is 19.6 Å². The van der Waals surface area contributed by atoms with E-state index in [2.05, 4.69) is 5.32 Å². The Morgan fingerprint density at radius 3 is 2.95 bits per heavy atom. The Labute approximate surface area is 126 Å². The molecule has 0 spiro atoms. The topological polar surface area (TPSA) is 86.3 Å². The Bertz CT molecular complexity index is 616. The first-order chi connectivity index (χ1) is 10.1. The van der Waals surface area contributed by atoms with Crippen LogP contribution >= 0.6 is 11.8 Å². The summed E-state index contributed by atoms with van der Waals surface area (Å²) in [7, 11) is 0. The normalized spacial score (nSPS) is 20.3. The second-order valence-electron chi connectivity index (χ2n) is 4.40. The molecule has 1 saturated heterocycles. The number of carbonyl (C=O) groups excluding carboxylic acids is 2. The van der Waals surface area contributed by atoms with Crippen molar-refractivity contribution >= 4 is 23.6 Å². The molecule has 110 valence electrons. The van der Waals surface area contributed by atoms with Crippen LogP contribution in [0, 0.1) is 11.3 Å². The third kappa shape index (κ3) is 3.11. The fourth-order valence-electron chi connectivity index (χ4n) is 1.96. The zero-order chi connectivity index (χ0) is 15.4. The summed E-state index contributed by atoms with van der Waals surface area (Å²) in [5.74, 6) is 0.0161. The molecule has 0 aromatic carbocycles. The highest BCUT2D eigenvalue weighted by molar-refractivity contribution is 8.04. The molecule has 0 bridgehead atoms. The summed E-state index contributed by atoms with van der Waals surface area (Å²) in [6.07, 6.45) is 1.51. The van der Waals surface area contributed by atoms with E-state index in [4.69, 9.17) is 4.42 Å². The number of amides is 2. The number of carbonyl (C=O) groups is 2. The van der Waals surface area contributed by atoms with Gasteiger partial charge in [0.2, 0.25) is 5.91 Å². The molecule has 6 nitrogen and oxygen atoms in total. The van der Waals surface area contributed by atoms with Crippen LogP contribution in [0.3, 0.4) is 0 Å². The Morgan fingerprint density at radius 1 is 1.62 bits per heavy atom. The molecule has 0 aliphatic carbocycles. The minimum atomic E-state index is -0.503. The van der Waals surface area contributed by atoms with Gasteiger partial charge in [-0.1, -0.05) is 11.8 Å². The summed E-state index contributed by atoms with van der Waals surface area (Å²) >= 11 is 1.24. The minimum Gasteiger partial charge on any atom is -0.467 e. The van der Waals surface area contributed by atoms with Gasteiger partial charge in [-0.15, -0.1) is 0 Å². The van der Waals surface area contributed by atoms with Crippen molar-refractivity contribution < 1.29 is 14.0 Å². The maximum Gasteiger partial charge on any atom is 0.265 e. The van der Waals surface area contributed by atoms with Crippen LogP contribution in [0.15, 0.2) is 33.4 Å². The smallest absolute Gasteiger partial charge is 0.265 e. The van der Waals surface area contributed by atoms with Gasteiger partial charge in [-0.05, 0) is 26.0 Å². The van der Waals surface area contributed by atoms with E-state index < -0.39 is 5.91 Å². The highest BCUT2D eigenvalue weighted by Gasteiger charge is 2.36. The second kappa shape index (κ2) is 6.50. The standard InChI is InChI=1S/C14H15N3O3S/c1-3-17-13(19)9(2)21-14(17)11(7-15)12(18)16-8-10-5-4-6-20-10/h4-6,9H,3,8H2,1-2H3,(H,16,18)/b14-11+/t9-/m1/s1. The average Bonchev–Trinajstić information content (AvgIpc) is 3.07. The van der Waals surface area contributed by atoms with Gasteiger partial charge in [0.25, 0.3) is 5.91 Å². The number of rotatable bonds is 4. The van der Waals surface area contributed by atoms with Gasteiger partial charge < -0.3 is 14.6 Å². The molecule has 0 saturated carbocycles. The van der Waals surface area contributed by atoms with Crippen molar-refractivity contribution in [1.82, 2.24) is 10.2 Å². The Kier molecular flexibility index (Phi) is 4.70. The van der Waals surface area contributed by atoms with Crippen LogP contribution < -0.4 is 5.32 Å². The van der Waals surface area contributed by atoms with Crippen molar-refractivity contribution in [3.8, 4) is 6.07 Å². The minimum absolute atomic E-state index is 0.0360. The number of furan rings is 1. The van der Waals surface area contributed by atoms with E-state index in [-0.39, 0.29) is 23.3 Å². The first-order valence-electron chi connectivity index (χ1n) is 6.51. The van der Waals surface area contributed by atoms with E-state index in [9.17, 15) is 14.9 Å². The number of nitrogens with one attached hydrogen (secondary N) is 1. The van der Waals surface area contributed by atoms with Crippen LogP contribution in [0.2, 0.25) is 0 Å². The molecular weight excluding hydrogens is 290 g/mol. The van der Waals surface area contributed by atoms with Crippen molar-refractivity contribution in [3.63, 3.8) is 0 Å². The molecule has 2 amide bonds. The fourth-order valence-corrected chi connectivity index (χ4v) is 3.12. The fraction of sp³-hybridized carbons (Fsp3) is 0.357. The molecule has 1 aromatic heterocycles. The van der Waals surface area contributed by atoms with Crippen molar-refractivity contribution in [2.24, 2.45) is 0 Å². The predicted molar refractivity (Wildman–Crippen MR) is 77.6 cm³/mol. The molecule has 1 atom stereocenters. The lowest BCUT2D eigenvalue weighted by molar-refractivity contribution is -0.127. The summed E-state index contributed by atoms with van der Waals surface area (Å²) in [6, 6.07) is 5.35. The monoisotopic (exact) mass is 305 g/mol. The largest absolute Gasteiger partial charge is 0.467 e. The molecule has 2 rings (SSSR count). The van der Waals surface area contributed by atoms with E-state index in [1.165, 1.54) is 22.9 Å². The molecule has 21 heavy (non-hydrogen) atoms. The molecule has 1 N–H and O–H groups in total. The van der Waals surface area contributed by atoms with E-state index >= 15 is 0 Å². The average molecular weight is 305 g/mol. The molecule has 2 heterocycles. The molecule has 1 aliphatic rings. The Hall–Kier alpha value is -2.20. The number of hydrogen-bond acceptors (Lipinski definition) is 5. The zero-order valence-electron chi connectivity index (χ0n) is 11.8. The first kappa shape index (κ1) is 15.2. The number of nitriles is 1. The third-order valence-electron chi connectivity index (χ3n) is 3.02. The van der Waals surface area contributed by atoms with E-state index in [0.717, 1.165) is 0 Å². The van der Waals surface area contributed by atoms with Gasteiger partial charge in [0.15, 0.2) is 0 Å². The van der Waals surface area contributed by atoms with Gasteiger partial charge in [-0.3, -0.25) is 9.59 Å². The highest BCUT2D eigenvalue weighted by atomic mass is 32.2. The molecule has 0 unspecified atom stereocenters. The van der Waals surface area contributed by atoms with Gasteiger partial charge >= 0.3 is 0 Å². The molecular formula is C14H15N3O3S. The summed E-state index contributed by atoms with van der Waals surface area (Å²) < 4.78 is 5.12. The van der Waals surface area contributed by atoms with Crippen LogP contribution in [0.5, 0.6) is 0 Å². The lowest BCUT2D eigenvalue weighted by atomic mass is 10.2. The van der Waals surface area contributed by atoms with Crippen molar-refractivity contribution in [1.29, 1.82) is 5.26 Å². The molecule has 0 radical (unpaired) electrons. The van der Waals surface area contributed by atoms with Crippen molar-refractivity contribution in [2.45, 2.75) is 25.6 Å². The van der Waals surface area contributed by atoms with E-state index in [1.54, 1.807) is 19.1 Å². The molecule has 1 aliphatic heterocycles. The number of thioether (sulfide) groups is 1. The lowest BCUT2D eigenvalue weighted by Crippen LogP contribution is -2.30. The van der Waals surface area contributed by atoms with Gasteiger partial charge in [-0.2, -0.15) is 5.26 Å². The van der Waals surface area contributed by atoms with Gasteiger partial charge in [0.05, 0.1) is 18.1 Å². The van der Waals surface area contributed by atoms with E-state index in [0.29, 0.717) is 17.3 Å². The van der Waals surface area contributed by atoms with Gasteiger partial charge in [0.1, 0.15) is 22.4 Å². The molecule has 1 fully saturated rings. The second-order valence-corrected chi connectivity index (χ2v) is 5.73. The lowest BCUT2D eigenvalue weighted by Gasteiger charge is -2.15. The van der Waals surface area contributed by atoms with Crippen LogP contribution in [0.4, 0.5) is 0 Å². The maximum absolute atomic E-state index is 12.1. The third-order valence-corrected chi connectivity index (χ3v) is 4.22. The summed E-state index contributed by atoms with van der Waals surface area (Å²) in [4.78, 5) is 25.6. The summed E-state index contributed by atoms with van der Waals surface area (Å²) in [5.41, 5.74) is -0.0360. The van der Waals surface area contributed by atoms with Gasteiger partial charge in [-0.25, -0.2) is 0 Å². The van der Waals surface area contributed by atoms with Crippen molar-refractivity contribution in [3.05, 3.63) is 34.8 Å². The summed E-state index contributed by atoms with van der Waals surface area (Å²) in [6.45, 7) is 4.21. The van der Waals surface area contributed by atoms with E-state index in [1.807, 2.05) is 13.0 Å². The maximum atomic E-state index is 12.1. The molecule has 1 aromatic rings. The van der Waals surface area contributed by atoms with Crippen LogP contribution in [-0.2, 0) is 16.1 Å².